The van der Waals surface area contributed by atoms with E-state index in [9.17, 15) is 9.59 Å². The number of carbonyl (C=O) groups is 1. The van der Waals surface area contributed by atoms with E-state index in [1.807, 2.05) is 0 Å². The van der Waals surface area contributed by atoms with Crippen molar-refractivity contribution in [3.05, 3.63) is 28.4 Å². The maximum Gasteiger partial charge on any atom is 0.345 e. The topological polar surface area (TPSA) is 83.0 Å². The minimum atomic E-state index is -0.880. The third-order valence-electron chi connectivity index (χ3n) is 2.35. The first kappa shape index (κ1) is 7.97. The van der Waals surface area contributed by atoms with Crippen molar-refractivity contribution in [1.29, 1.82) is 0 Å². The first-order valence-corrected chi connectivity index (χ1v) is 3.94. The molecule has 0 bridgehead atoms. The molecule has 0 amide bonds. The molecule has 0 aromatic carbocycles. The first-order chi connectivity index (χ1) is 6.15. The van der Waals surface area contributed by atoms with E-state index in [0.717, 1.165) is 0 Å². The van der Waals surface area contributed by atoms with Crippen LogP contribution < -0.4 is 5.69 Å². The van der Waals surface area contributed by atoms with Crippen LogP contribution in [-0.4, -0.2) is 21.0 Å². The minimum absolute atomic E-state index is 0.458. The van der Waals surface area contributed by atoms with E-state index in [1.165, 1.54) is 6.20 Å². The van der Waals surface area contributed by atoms with Gasteiger partial charge in [0.2, 0.25) is 0 Å². The average molecular weight is 180 g/mol. The van der Waals surface area contributed by atoms with E-state index >= 15 is 0 Å². The lowest BCUT2D eigenvalue weighted by Gasteiger charge is -2.07. The van der Waals surface area contributed by atoms with Crippen molar-refractivity contribution in [3.63, 3.8) is 0 Å². The van der Waals surface area contributed by atoms with Gasteiger partial charge in [-0.05, 0) is 18.9 Å². The Kier molecular flexibility index (Phi) is 1.48. The molecular weight excluding hydrogens is 172 g/mol. The van der Waals surface area contributed by atoms with Crippen LogP contribution in [0.4, 0.5) is 0 Å². The number of H-pyrrole nitrogens is 1. The fourth-order valence-electron chi connectivity index (χ4n) is 1.37. The molecular formula is C8H8N2O3. The van der Waals surface area contributed by atoms with Gasteiger partial charge >= 0.3 is 11.7 Å². The van der Waals surface area contributed by atoms with Gasteiger partial charge in [-0.15, -0.1) is 0 Å². The Balaban J connectivity index is 2.47. The van der Waals surface area contributed by atoms with Gasteiger partial charge in [0, 0.05) is 11.9 Å². The third-order valence-corrected chi connectivity index (χ3v) is 2.35. The molecule has 0 radical (unpaired) electrons. The van der Waals surface area contributed by atoms with Crippen LogP contribution in [0.25, 0.3) is 0 Å². The van der Waals surface area contributed by atoms with Crippen LogP contribution in [0.2, 0.25) is 0 Å². The highest BCUT2D eigenvalue weighted by Gasteiger charge is 2.52. The zero-order valence-corrected chi connectivity index (χ0v) is 6.78. The molecule has 1 aliphatic carbocycles. The number of aliphatic carboxylic acids is 1. The molecule has 0 atom stereocenters. The Morgan fingerprint density at radius 3 is 2.77 bits per heavy atom. The van der Waals surface area contributed by atoms with Gasteiger partial charge in [0.1, 0.15) is 5.41 Å². The molecule has 2 rings (SSSR count). The van der Waals surface area contributed by atoms with Crippen LogP contribution in [0, 0.1) is 0 Å². The highest BCUT2D eigenvalue weighted by atomic mass is 16.4. The normalized spacial score (nSPS) is 18.2. The zero-order chi connectivity index (χ0) is 9.47. The summed E-state index contributed by atoms with van der Waals surface area (Å²) in [5.74, 6) is -0.880. The Bertz CT molecular complexity index is 406. The van der Waals surface area contributed by atoms with Gasteiger partial charge in [0.05, 0.1) is 0 Å². The van der Waals surface area contributed by atoms with E-state index in [0.29, 0.717) is 18.5 Å². The van der Waals surface area contributed by atoms with Crippen molar-refractivity contribution in [1.82, 2.24) is 9.97 Å². The Morgan fingerprint density at radius 1 is 1.62 bits per heavy atom. The maximum absolute atomic E-state index is 10.9. The summed E-state index contributed by atoms with van der Waals surface area (Å²) in [6.07, 6.45) is 2.50. The second-order valence-electron chi connectivity index (χ2n) is 3.18. The van der Waals surface area contributed by atoms with Crippen LogP contribution in [0.5, 0.6) is 0 Å². The number of nitrogens with zero attached hydrogens (tertiary/aromatic N) is 1. The Hall–Kier alpha value is -1.65. The van der Waals surface area contributed by atoms with Crippen molar-refractivity contribution in [2.45, 2.75) is 18.3 Å². The summed E-state index contributed by atoms with van der Waals surface area (Å²) in [6.45, 7) is 0. The molecule has 0 unspecified atom stereocenters. The maximum atomic E-state index is 10.9. The molecule has 1 fully saturated rings. The fourth-order valence-corrected chi connectivity index (χ4v) is 1.37. The summed E-state index contributed by atoms with van der Waals surface area (Å²) in [5.41, 5.74) is -0.882. The number of hydrogen-bond acceptors (Lipinski definition) is 3. The van der Waals surface area contributed by atoms with Gasteiger partial charge in [-0.2, -0.15) is 0 Å². The summed E-state index contributed by atoms with van der Waals surface area (Å²) in [5, 5.41) is 8.91. The first-order valence-electron chi connectivity index (χ1n) is 3.94. The number of carboxylic acids is 1. The molecule has 1 aromatic heterocycles. The van der Waals surface area contributed by atoms with Crippen LogP contribution in [0.15, 0.2) is 17.1 Å². The van der Waals surface area contributed by atoms with E-state index in [-0.39, 0.29) is 0 Å². The summed E-state index contributed by atoms with van der Waals surface area (Å²) in [7, 11) is 0. The van der Waals surface area contributed by atoms with E-state index in [2.05, 4.69) is 9.97 Å². The predicted octanol–water partition coefficient (Wildman–Crippen LogP) is -0.114. The lowest BCUT2D eigenvalue weighted by molar-refractivity contribution is -0.140. The number of nitrogens with one attached hydrogen (secondary N) is 1. The summed E-state index contributed by atoms with van der Waals surface area (Å²) < 4.78 is 0. The Morgan fingerprint density at radius 2 is 2.31 bits per heavy atom. The lowest BCUT2D eigenvalue weighted by atomic mass is 10.0. The largest absolute Gasteiger partial charge is 0.481 e. The Labute approximate surface area is 73.4 Å². The van der Waals surface area contributed by atoms with Crippen LogP contribution >= 0.6 is 0 Å². The molecule has 1 aliphatic rings. The van der Waals surface area contributed by atoms with Crippen LogP contribution in [-0.2, 0) is 10.2 Å². The standard InChI is InChI=1S/C8H8N2O3/c11-6(12)8(2-3-8)5-1-4-9-7(13)10-5/h1,4H,2-3H2,(H,11,12)(H,9,10,13). The highest BCUT2D eigenvalue weighted by Crippen LogP contribution is 2.46. The van der Waals surface area contributed by atoms with Crippen molar-refractivity contribution in [3.8, 4) is 0 Å². The van der Waals surface area contributed by atoms with E-state index in [1.54, 1.807) is 6.07 Å². The molecule has 1 aromatic rings. The average Bonchev–Trinajstić information content (AvgIpc) is 2.83. The summed E-state index contributed by atoms with van der Waals surface area (Å²) >= 11 is 0. The smallest absolute Gasteiger partial charge is 0.345 e. The number of aromatic amines is 1. The number of rotatable bonds is 2. The van der Waals surface area contributed by atoms with Gasteiger partial charge in [-0.3, -0.25) is 4.79 Å². The number of hydrogen-bond donors (Lipinski definition) is 2. The van der Waals surface area contributed by atoms with E-state index < -0.39 is 17.1 Å². The number of aromatic nitrogens is 2. The SMILES string of the molecule is O=C(O)C1(c2ccnc(=O)[nH]2)CC1. The van der Waals surface area contributed by atoms with Crippen molar-refractivity contribution in [2.75, 3.05) is 0 Å². The van der Waals surface area contributed by atoms with Gasteiger partial charge in [0.25, 0.3) is 0 Å². The third kappa shape index (κ3) is 1.12. The van der Waals surface area contributed by atoms with Gasteiger partial charge in [-0.1, -0.05) is 0 Å². The molecule has 5 heteroatoms. The molecule has 5 nitrogen and oxygen atoms in total. The fraction of sp³-hybridized carbons (Fsp3) is 0.375. The highest BCUT2D eigenvalue weighted by molar-refractivity contribution is 5.84. The van der Waals surface area contributed by atoms with Crippen LogP contribution in [0.1, 0.15) is 18.5 Å². The monoisotopic (exact) mass is 180 g/mol. The molecule has 1 heterocycles. The van der Waals surface area contributed by atoms with Crippen LogP contribution in [0.3, 0.4) is 0 Å². The number of carboxylic acid groups (broad SMARTS) is 1. The zero-order valence-electron chi connectivity index (χ0n) is 6.78. The van der Waals surface area contributed by atoms with Gasteiger partial charge < -0.3 is 10.1 Å². The molecule has 0 saturated heterocycles. The molecule has 1 saturated carbocycles. The van der Waals surface area contributed by atoms with Crippen molar-refractivity contribution < 1.29 is 9.90 Å². The molecule has 13 heavy (non-hydrogen) atoms. The molecule has 2 N–H and O–H groups in total. The van der Waals surface area contributed by atoms with Gasteiger partial charge in [-0.25, -0.2) is 9.78 Å². The second kappa shape index (κ2) is 2.42. The summed E-state index contributed by atoms with van der Waals surface area (Å²) in [6, 6.07) is 1.54. The minimum Gasteiger partial charge on any atom is -0.481 e. The van der Waals surface area contributed by atoms with Crippen molar-refractivity contribution >= 4 is 5.97 Å². The quantitative estimate of drug-likeness (QED) is 0.665. The summed E-state index contributed by atoms with van der Waals surface area (Å²) in [4.78, 5) is 27.6. The molecule has 0 aliphatic heterocycles. The lowest BCUT2D eigenvalue weighted by Crippen LogP contribution is -2.24. The molecule has 0 spiro atoms. The van der Waals surface area contributed by atoms with E-state index in [4.69, 9.17) is 5.11 Å². The van der Waals surface area contributed by atoms with Crippen molar-refractivity contribution in [2.24, 2.45) is 0 Å². The van der Waals surface area contributed by atoms with Gasteiger partial charge in [0.15, 0.2) is 0 Å². The second-order valence-corrected chi connectivity index (χ2v) is 3.18. The molecule has 68 valence electrons. The predicted molar refractivity (Wildman–Crippen MR) is 43.4 cm³/mol.